The molecule has 1 aliphatic rings. The molecule has 1 amide bonds. The Morgan fingerprint density at radius 3 is 2.36 bits per heavy atom. The Labute approximate surface area is 153 Å². The first-order chi connectivity index (χ1) is 12.1. The van der Waals surface area contributed by atoms with Crippen LogP contribution >= 0.6 is 11.8 Å². The fourth-order valence-electron chi connectivity index (χ4n) is 2.70. The van der Waals surface area contributed by atoms with Gasteiger partial charge in [0.25, 0.3) is 0 Å². The van der Waals surface area contributed by atoms with E-state index in [0.29, 0.717) is 0 Å². The van der Waals surface area contributed by atoms with Crippen molar-refractivity contribution in [1.29, 1.82) is 0 Å². The van der Waals surface area contributed by atoms with Crippen LogP contribution in [0.2, 0.25) is 0 Å². The molecule has 4 nitrogen and oxygen atoms in total. The number of hydrogen-bond donors (Lipinski definition) is 1. The summed E-state index contributed by atoms with van der Waals surface area (Å²) in [5.41, 5.74) is 3.23. The molecule has 0 aromatic heterocycles. The van der Waals surface area contributed by atoms with Crippen LogP contribution in [-0.4, -0.2) is 37.5 Å². The van der Waals surface area contributed by atoms with Crippen molar-refractivity contribution in [3.8, 4) is 0 Å². The zero-order valence-corrected chi connectivity index (χ0v) is 15.5. The Hall–Kier alpha value is -1.98. The second kappa shape index (κ2) is 8.41. The van der Waals surface area contributed by atoms with E-state index in [-0.39, 0.29) is 11.2 Å². The van der Waals surface area contributed by atoms with Gasteiger partial charge in [-0.25, -0.2) is 0 Å². The predicted molar refractivity (Wildman–Crippen MR) is 105 cm³/mol. The minimum Gasteiger partial charge on any atom is -0.378 e. The number of benzene rings is 2. The molecule has 132 valence electrons. The maximum Gasteiger partial charge on any atom is 0.237 e. The van der Waals surface area contributed by atoms with Gasteiger partial charge in [0.05, 0.1) is 18.5 Å². The van der Waals surface area contributed by atoms with Gasteiger partial charge < -0.3 is 15.0 Å². The lowest BCUT2D eigenvalue weighted by Gasteiger charge is -2.28. The molecule has 2 aromatic rings. The zero-order valence-electron chi connectivity index (χ0n) is 14.7. The number of amides is 1. The number of hydrogen-bond acceptors (Lipinski definition) is 4. The number of carbonyl (C=O) groups excluding carboxylic acids is 1. The van der Waals surface area contributed by atoms with E-state index in [0.717, 1.165) is 36.9 Å². The van der Waals surface area contributed by atoms with Crippen LogP contribution in [0.25, 0.3) is 0 Å². The highest BCUT2D eigenvalue weighted by atomic mass is 32.2. The highest BCUT2D eigenvalue weighted by Crippen LogP contribution is 2.25. The maximum absolute atomic E-state index is 12.4. The molecule has 1 fully saturated rings. The summed E-state index contributed by atoms with van der Waals surface area (Å²) in [6.45, 7) is 7.36. The van der Waals surface area contributed by atoms with Gasteiger partial charge in [0.2, 0.25) is 5.91 Å². The number of aryl methyl sites for hydroxylation is 1. The van der Waals surface area contributed by atoms with Crippen molar-refractivity contribution < 1.29 is 9.53 Å². The molecule has 0 unspecified atom stereocenters. The van der Waals surface area contributed by atoms with Crippen LogP contribution in [0, 0.1) is 6.92 Å². The number of nitrogens with one attached hydrogen (secondary N) is 1. The summed E-state index contributed by atoms with van der Waals surface area (Å²) in [5, 5.41) is 2.85. The summed E-state index contributed by atoms with van der Waals surface area (Å²) in [7, 11) is 0. The van der Waals surface area contributed by atoms with Crippen LogP contribution in [0.1, 0.15) is 12.5 Å². The third-order valence-corrected chi connectivity index (χ3v) is 5.33. The van der Waals surface area contributed by atoms with Gasteiger partial charge >= 0.3 is 0 Å². The van der Waals surface area contributed by atoms with E-state index in [1.807, 2.05) is 19.1 Å². The second-order valence-corrected chi connectivity index (χ2v) is 7.62. The minimum atomic E-state index is -0.151. The van der Waals surface area contributed by atoms with Gasteiger partial charge in [-0.1, -0.05) is 17.7 Å². The first kappa shape index (κ1) is 17.8. The molecule has 2 aromatic carbocycles. The lowest BCUT2D eigenvalue weighted by atomic mass is 10.2. The normalized spacial score (nSPS) is 15.7. The van der Waals surface area contributed by atoms with Crippen LogP contribution in [0.4, 0.5) is 11.4 Å². The molecular formula is C20H24N2O2S. The third-order valence-electron chi connectivity index (χ3n) is 4.21. The van der Waals surface area contributed by atoms with E-state index in [2.05, 4.69) is 53.5 Å². The molecule has 1 saturated heterocycles. The topological polar surface area (TPSA) is 41.6 Å². The fourth-order valence-corrected chi connectivity index (χ4v) is 3.56. The number of morpholine rings is 1. The van der Waals surface area contributed by atoms with Crippen molar-refractivity contribution in [2.45, 2.75) is 24.0 Å². The summed E-state index contributed by atoms with van der Waals surface area (Å²) in [6, 6.07) is 16.3. The maximum atomic E-state index is 12.4. The molecule has 3 rings (SSSR count). The average Bonchev–Trinajstić information content (AvgIpc) is 2.65. The largest absolute Gasteiger partial charge is 0.378 e. The fraction of sp³-hybridized carbons (Fsp3) is 0.350. The molecule has 0 spiro atoms. The molecular weight excluding hydrogens is 332 g/mol. The summed E-state index contributed by atoms with van der Waals surface area (Å²) < 4.78 is 5.38. The molecule has 25 heavy (non-hydrogen) atoms. The zero-order chi connectivity index (χ0) is 17.6. The van der Waals surface area contributed by atoms with E-state index in [1.165, 1.54) is 11.3 Å². The molecule has 1 heterocycles. The molecule has 0 radical (unpaired) electrons. The molecule has 5 heteroatoms. The SMILES string of the molecule is Cc1ccc(S[C@@H](C)C(=O)Nc2ccc(N3CCOCC3)cc2)cc1. The van der Waals surface area contributed by atoms with Gasteiger partial charge in [-0.15, -0.1) is 11.8 Å². The molecule has 0 saturated carbocycles. The first-order valence-electron chi connectivity index (χ1n) is 8.59. The van der Waals surface area contributed by atoms with Crippen LogP contribution in [0.3, 0.4) is 0 Å². The van der Waals surface area contributed by atoms with E-state index >= 15 is 0 Å². The van der Waals surface area contributed by atoms with Crippen LogP contribution in [0.15, 0.2) is 53.4 Å². The van der Waals surface area contributed by atoms with Gasteiger partial charge in [0, 0.05) is 29.4 Å². The molecule has 1 atom stereocenters. The lowest BCUT2D eigenvalue weighted by Crippen LogP contribution is -2.36. The molecule has 0 bridgehead atoms. The van der Waals surface area contributed by atoms with Gasteiger partial charge in [-0.05, 0) is 50.2 Å². The number of ether oxygens (including phenoxy) is 1. The highest BCUT2D eigenvalue weighted by molar-refractivity contribution is 8.00. The third kappa shape index (κ3) is 5.00. The summed E-state index contributed by atoms with van der Waals surface area (Å²) >= 11 is 1.57. The Bertz CT molecular complexity index is 695. The lowest BCUT2D eigenvalue weighted by molar-refractivity contribution is -0.115. The van der Waals surface area contributed by atoms with Crippen molar-refractivity contribution in [2.24, 2.45) is 0 Å². The van der Waals surface area contributed by atoms with Crippen LogP contribution < -0.4 is 10.2 Å². The van der Waals surface area contributed by atoms with Gasteiger partial charge in [0.15, 0.2) is 0 Å². The van der Waals surface area contributed by atoms with Gasteiger partial charge in [-0.3, -0.25) is 4.79 Å². The first-order valence-corrected chi connectivity index (χ1v) is 9.47. The number of carbonyl (C=O) groups is 1. The smallest absolute Gasteiger partial charge is 0.237 e. The standard InChI is InChI=1S/C20H24N2O2S/c1-15-3-9-19(10-4-15)25-16(2)20(23)21-17-5-7-18(8-6-17)22-11-13-24-14-12-22/h3-10,16H,11-14H2,1-2H3,(H,21,23)/t16-/m0/s1. The van der Waals surface area contributed by atoms with Crippen molar-refractivity contribution >= 4 is 29.0 Å². The van der Waals surface area contributed by atoms with E-state index in [1.54, 1.807) is 11.8 Å². The van der Waals surface area contributed by atoms with E-state index in [4.69, 9.17) is 4.74 Å². The Balaban J connectivity index is 1.55. The minimum absolute atomic E-state index is 0.0182. The summed E-state index contributed by atoms with van der Waals surface area (Å²) in [6.07, 6.45) is 0. The molecule has 1 aliphatic heterocycles. The number of anilines is 2. The Kier molecular flexibility index (Phi) is 6.00. The highest BCUT2D eigenvalue weighted by Gasteiger charge is 2.15. The Morgan fingerprint density at radius 1 is 1.08 bits per heavy atom. The van der Waals surface area contributed by atoms with Gasteiger partial charge in [0.1, 0.15) is 0 Å². The summed E-state index contributed by atoms with van der Waals surface area (Å²) in [4.78, 5) is 15.8. The second-order valence-electron chi connectivity index (χ2n) is 6.21. The van der Waals surface area contributed by atoms with E-state index < -0.39 is 0 Å². The van der Waals surface area contributed by atoms with Crippen molar-refractivity contribution in [3.05, 3.63) is 54.1 Å². The quantitative estimate of drug-likeness (QED) is 0.824. The number of rotatable bonds is 5. The van der Waals surface area contributed by atoms with Crippen LogP contribution in [0.5, 0.6) is 0 Å². The van der Waals surface area contributed by atoms with Gasteiger partial charge in [-0.2, -0.15) is 0 Å². The average molecular weight is 356 g/mol. The monoisotopic (exact) mass is 356 g/mol. The number of nitrogens with zero attached hydrogens (tertiary/aromatic N) is 1. The summed E-state index contributed by atoms with van der Waals surface area (Å²) in [5.74, 6) is 0.0182. The van der Waals surface area contributed by atoms with Crippen LogP contribution in [-0.2, 0) is 9.53 Å². The van der Waals surface area contributed by atoms with E-state index in [9.17, 15) is 4.79 Å². The van der Waals surface area contributed by atoms with Crippen molar-refractivity contribution in [3.63, 3.8) is 0 Å². The van der Waals surface area contributed by atoms with Crippen molar-refractivity contribution in [2.75, 3.05) is 36.5 Å². The molecule has 0 aliphatic carbocycles. The predicted octanol–water partition coefficient (Wildman–Crippen LogP) is 3.95. The Morgan fingerprint density at radius 2 is 1.72 bits per heavy atom. The molecule has 1 N–H and O–H groups in total. The number of thioether (sulfide) groups is 1. The van der Waals surface area contributed by atoms with Crippen molar-refractivity contribution in [1.82, 2.24) is 0 Å².